The highest BCUT2D eigenvalue weighted by Gasteiger charge is 2.23. The van der Waals surface area contributed by atoms with Crippen LogP contribution < -0.4 is 22.2 Å². The van der Waals surface area contributed by atoms with Gasteiger partial charge in [-0.05, 0) is 35.9 Å². The van der Waals surface area contributed by atoms with E-state index in [1.54, 1.807) is 11.3 Å². The Kier molecular flexibility index (Phi) is 6.68. The minimum atomic E-state index is -0.325. The summed E-state index contributed by atoms with van der Waals surface area (Å²) < 4.78 is 7.43. The van der Waals surface area contributed by atoms with E-state index in [-0.39, 0.29) is 18.4 Å². The number of ether oxygens (including phenoxy) is 1. The van der Waals surface area contributed by atoms with Gasteiger partial charge in [0.05, 0.1) is 12.7 Å². The van der Waals surface area contributed by atoms with Crippen LogP contribution in [0.3, 0.4) is 0 Å². The molecule has 0 saturated carbocycles. The monoisotopic (exact) mass is 452 g/mol. The molecule has 0 spiro atoms. The summed E-state index contributed by atoms with van der Waals surface area (Å²) in [5, 5.41) is 2.26. The third-order valence-electron chi connectivity index (χ3n) is 5.32. The SMILES string of the molecule is COC(=O)c1ccccc1-c1c2ccc(N(C)C)cc2[s+]c2cc(N(C)C)ccc12.[Cl-]. The summed E-state index contributed by atoms with van der Waals surface area (Å²) in [4.78, 5) is 16.7. The number of carbonyl (C=O) groups is 1. The molecule has 0 aliphatic rings. The normalized spacial score (nSPS) is 10.6. The predicted octanol–water partition coefficient (Wildman–Crippen LogP) is 2.93. The molecule has 0 aliphatic heterocycles. The highest BCUT2D eigenvalue weighted by molar-refractivity contribution is 7.24. The van der Waals surface area contributed by atoms with Crippen molar-refractivity contribution in [3.8, 4) is 11.1 Å². The molecule has 0 N–H and O–H groups in total. The van der Waals surface area contributed by atoms with Crippen LogP contribution in [0.1, 0.15) is 10.4 Å². The van der Waals surface area contributed by atoms with Crippen molar-refractivity contribution in [2.24, 2.45) is 0 Å². The fraction of sp³-hybridized carbons (Fsp3) is 0.200. The van der Waals surface area contributed by atoms with E-state index in [2.05, 4.69) is 46.2 Å². The first-order valence-electron chi connectivity index (χ1n) is 9.76. The van der Waals surface area contributed by atoms with E-state index in [0.717, 1.165) is 33.3 Å². The molecule has 0 amide bonds. The molecule has 4 rings (SSSR count). The number of fused-ring (bicyclic) bond motifs is 2. The maximum absolute atomic E-state index is 12.5. The van der Waals surface area contributed by atoms with Gasteiger partial charge in [0, 0.05) is 68.0 Å². The van der Waals surface area contributed by atoms with Gasteiger partial charge in [-0.1, -0.05) is 18.2 Å². The minimum Gasteiger partial charge on any atom is -1.00 e. The highest BCUT2D eigenvalue weighted by Crippen LogP contribution is 2.42. The molecule has 0 aliphatic carbocycles. The first-order valence-corrected chi connectivity index (χ1v) is 10.6. The first-order chi connectivity index (χ1) is 14.4. The molecule has 0 atom stereocenters. The fourth-order valence-corrected chi connectivity index (χ4v) is 4.86. The van der Waals surface area contributed by atoms with Crippen molar-refractivity contribution < 1.29 is 21.9 Å². The van der Waals surface area contributed by atoms with Gasteiger partial charge in [0.15, 0.2) is 0 Å². The second-order valence-electron chi connectivity index (χ2n) is 7.66. The van der Waals surface area contributed by atoms with Crippen LogP contribution in [0.4, 0.5) is 11.4 Å². The molecule has 6 heteroatoms. The van der Waals surface area contributed by atoms with E-state index >= 15 is 0 Å². The number of methoxy groups -OCH3 is 1. The Morgan fingerprint density at radius 1 is 0.806 bits per heavy atom. The zero-order valence-electron chi connectivity index (χ0n) is 18.3. The molecule has 160 valence electrons. The summed E-state index contributed by atoms with van der Waals surface area (Å²) in [7, 11) is 9.61. The van der Waals surface area contributed by atoms with E-state index in [9.17, 15) is 4.79 Å². The fourth-order valence-electron chi connectivity index (χ4n) is 3.70. The van der Waals surface area contributed by atoms with Crippen molar-refractivity contribution in [1.82, 2.24) is 0 Å². The molecule has 3 aromatic carbocycles. The van der Waals surface area contributed by atoms with Crippen molar-refractivity contribution in [1.29, 1.82) is 0 Å². The van der Waals surface area contributed by atoms with Crippen LogP contribution in [-0.2, 0) is 4.74 Å². The second-order valence-corrected chi connectivity index (χ2v) is 8.75. The zero-order chi connectivity index (χ0) is 21.4. The standard InChI is InChI=1S/C25H25N2O2S.ClH/c1-26(2)16-10-12-20-22(14-16)30-23-15-17(27(3)4)11-13-21(23)24(20)18-8-6-7-9-19(18)25(28)29-5;/h6-15H,1-5H3;1H/q+1;/p-1. The van der Waals surface area contributed by atoms with Crippen LogP contribution in [0.5, 0.6) is 0 Å². The van der Waals surface area contributed by atoms with Crippen LogP contribution in [0.25, 0.3) is 31.3 Å². The molecule has 0 bridgehead atoms. The molecule has 1 aromatic heterocycles. The smallest absolute Gasteiger partial charge is 0.338 e. The van der Waals surface area contributed by atoms with Crippen LogP contribution in [0.15, 0.2) is 60.7 Å². The Labute approximate surface area is 193 Å². The summed E-state index contributed by atoms with van der Waals surface area (Å²) in [6.07, 6.45) is 0. The van der Waals surface area contributed by atoms with Gasteiger partial charge in [-0.2, -0.15) is 0 Å². The number of anilines is 2. The van der Waals surface area contributed by atoms with Crippen LogP contribution >= 0.6 is 11.3 Å². The van der Waals surface area contributed by atoms with Gasteiger partial charge < -0.3 is 26.9 Å². The maximum atomic E-state index is 12.5. The largest absolute Gasteiger partial charge is 1.00 e. The minimum absolute atomic E-state index is 0. The lowest BCUT2D eigenvalue weighted by Crippen LogP contribution is -3.00. The van der Waals surface area contributed by atoms with Crippen molar-refractivity contribution >= 4 is 48.9 Å². The number of carbonyl (C=O) groups excluding carboxylic acids is 1. The zero-order valence-corrected chi connectivity index (χ0v) is 19.8. The molecule has 4 aromatic rings. The van der Waals surface area contributed by atoms with Gasteiger partial charge in [-0.3, -0.25) is 0 Å². The van der Waals surface area contributed by atoms with Crippen molar-refractivity contribution in [3.05, 3.63) is 66.2 Å². The molecule has 1 heterocycles. The first kappa shape index (κ1) is 22.8. The number of hydrogen-bond donors (Lipinski definition) is 0. The lowest BCUT2D eigenvalue weighted by Gasteiger charge is -2.15. The van der Waals surface area contributed by atoms with E-state index in [1.807, 2.05) is 52.5 Å². The van der Waals surface area contributed by atoms with Crippen LogP contribution in [-0.4, -0.2) is 41.3 Å². The van der Waals surface area contributed by atoms with Gasteiger partial charge >= 0.3 is 5.97 Å². The Morgan fingerprint density at radius 2 is 1.32 bits per heavy atom. The number of hydrogen-bond acceptors (Lipinski definition) is 4. The lowest BCUT2D eigenvalue weighted by molar-refractivity contribution is -0.0000205. The topological polar surface area (TPSA) is 32.8 Å². The Balaban J connectivity index is 0.00000272. The highest BCUT2D eigenvalue weighted by atomic mass is 35.5. The summed E-state index contributed by atoms with van der Waals surface area (Å²) in [6.45, 7) is 0. The van der Waals surface area contributed by atoms with Crippen molar-refractivity contribution in [2.75, 3.05) is 45.1 Å². The quantitative estimate of drug-likeness (QED) is 0.271. The van der Waals surface area contributed by atoms with Gasteiger partial charge in [0.25, 0.3) is 0 Å². The molecular formula is C25H25ClN2O2S. The van der Waals surface area contributed by atoms with Crippen molar-refractivity contribution in [2.45, 2.75) is 0 Å². The lowest BCUT2D eigenvalue weighted by atomic mass is 9.94. The van der Waals surface area contributed by atoms with E-state index in [1.165, 1.54) is 16.5 Å². The molecule has 0 unspecified atom stereocenters. The average molecular weight is 453 g/mol. The summed E-state index contributed by atoms with van der Waals surface area (Å²) >= 11 is 1.77. The van der Waals surface area contributed by atoms with Crippen LogP contribution in [0.2, 0.25) is 0 Å². The summed E-state index contributed by atoms with van der Waals surface area (Å²) in [5.74, 6) is -0.325. The number of esters is 1. The molecule has 0 saturated heterocycles. The summed E-state index contributed by atoms with van der Waals surface area (Å²) in [6, 6.07) is 20.7. The predicted molar refractivity (Wildman–Crippen MR) is 129 cm³/mol. The number of benzene rings is 3. The molecule has 0 fully saturated rings. The molecular weight excluding hydrogens is 428 g/mol. The van der Waals surface area contributed by atoms with Gasteiger partial charge in [0.2, 0.25) is 20.7 Å². The Hall–Kier alpha value is -2.89. The third-order valence-corrected chi connectivity index (χ3v) is 6.44. The van der Waals surface area contributed by atoms with Gasteiger partial charge in [0.1, 0.15) is 0 Å². The Morgan fingerprint density at radius 3 is 1.81 bits per heavy atom. The molecule has 31 heavy (non-hydrogen) atoms. The maximum Gasteiger partial charge on any atom is 0.338 e. The van der Waals surface area contributed by atoms with E-state index in [4.69, 9.17) is 4.74 Å². The Bertz CT molecular complexity index is 1210. The number of rotatable bonds is 4. The van der Waals surface area contributed by atoms with E-state index in [0.29, 0.717) is 5.56 Å². The van der Waals surface area contributed by atoms with Gasteiger partial charge in [-0.25, -0.2) is 4.79 Å². The van der Waals surface area contributed by atoms with Gasteiger partial charge in [-0.15, -0.1) is 0 Å². The number of halogens is 1. The van der Waals surface area contributed by atoms with Crippen molar-refractivity contribution in [3.63, 3.8) is 0 Å². The molecule has 0 radical (unpaired) electrons. The number of nitrogens with zero attached hydrogens (tertiary/aromatic N) is 2. The third kappa shape index (κ3) is 4.16. The molecule has 4 nitrogen and oxygen atoms in total. The average Bonchev–Trinajstić information content (AvgIpc) is 2.76. The second kappa shape index (κ2) is 9.08. The van der Waals surface area contributed by atoms with Crippen LogP contribution in [0, 0.1) is 0 Å². The van der Waals surface area contributed by atoms with E-state index < -0.39 is 0 Å². The summed E-state index contributed by atoms with van der Waals surface area (Å²) in [5.41, 5.74) is 4.83.